The molecule has 0 heterocycles. The molecule has 0 saturated carbocycles. The number of methoxy groups -OCH3 is 1. The van der Waals surface area contributed by atoms with Crippen LogP contribution in [0.1, 0.15) is 29.3 Å². The van der Waals surface area contributed by atoms with E-state index in [0.717, 1.165) is 20.8 Å². The topological polar surface area (TPSA) is 72.9 Å². The van der Waals surface area contributed by atoms with Crippen LogP contribution in [0.15, 0.2) is 51.8 Å². The Morgan fingerprint density at radius 2 is 1.83 bits per heavy atom. The maximum atomic E-state index is 12.4. The van der Waals surface area contributed by atoms with E-state index in [4.69, 9.17) is 9.47 Å². The van der Waals surface area contributed by atoms with E-state index in [0.29, 0.717) is 23.7 Å². The van der Waals surface area contributed by atoms with Crippen molar-refractivity contribution >= 4 is 37.8 Å². The molecule has 0 saturated heterocycles. The number of carbonyl (C=O) groups is 1. The lowest BCUT2D eigenvalue weighted by Crippen LogP contribution is -2.22. The summed E-state index contributed by atoms with van der Waals surface area (Å²) in [5, 5.41) is 0. The molecule has 2 aromatic carbocycles. The van der Waals surface area contributed by atoms with Crippen LogP contribution >= 0.6 is 15.9 Å². The Hall–Kier alpha value is -2.16. The van der Waals surface area contributed by atoms with E-state index in [1.807, 2.05) is 13.0 Å². The smallest absolute Gasteiger partial charge is 0.242 e. The highest BCUT2D eigenvalue weighted by molar-refractivity contribution is 9.10. The van der Waals surface area contributed by atoms with E-state index >= 15 is 0 Å². The third kappa shape index (κ3) is 5.68. The highest BCUT2D eigenvalue weighted by Gasteiger charge is 2.17. The van der Waals surface area contributed by atoms with E-state index in [9.17, 15) is 13.2 Å². The van der Waals surface area contributed by atoms with Crippen molar-refractivity contribution in [2.45, 2.75) is 18.2 Å². The van der Waals surface area contributed by atoms with Gasteiger partial charge in [0.1, 0.15) is 0 Å². The quantitative estimate of drug-likeness (QED) is 0.392. The zero-order valence-corrected chi connectivity index (χ0v) is 19.2. The van der Waals surface area contributed by atoms with Gasteiger partial charge in [0.2, 0.25) is 10.0 Å². The lowest BCUT2D eigenvalue weighted by molar-refractivity contribution is 0.104. The molecule has 0 aliphatic carbocycles. The molecule has 0 bridgehead atoms. The number of hydrogen-bond donors (Lipinski definition) is 0. The molecule has 0 aliphatic rings. The number of nitrogens with zero attached hydrogens (tertiary/aromatic N) is 1. The number of halogens is 1. The van der Waals surface area contributed by atoms with Crippen molar-refractivity contribution in [1.82, 2.24) is 4.31 Å². The van der Waals surface area contributed by atoms with Gasteiger partial charge in [-0.25, -0.2) is 12.7 Å². The SMILES string of the molecule is CCCOc1c(Br)cc(C=CC(=O)c2ccc(S(=O)(=O)N(C)C)cc2)cc1OC. The summed E-state index contributed by atoms with van der Waals surface area (Å²) in [7, 11) is 0.954. The van der Waals surface area contributed by atoms with Crippen molar-refractivity contribution in [3.63, 3.8) is 0 Å². The molecule has 0 aromatic heterocycles. The number of benzene rings is 2. The van der Waals surface area contributed by atoms with Gasteiger partial charge in [0.15, 0.2) is 17.3 Å². The van der Waals surface area contributed by atoms with Gasteiger partial charge in [-0.05, 0) is 70.4 Å². The minimum atomic E-state index is -3.52. The number of ether oxygens (including phenoxy) is 2. The lowest BCUT2D eigenvalue weighted by atomic mass is 10.1. The van der Waals surface area contributed by atoms with Crippen LogP contribution < -0.4 is 9.47 Å². The number of sulfonamides is 1. The summed E-state index contributed by atoms with van der Waals surface area (Å²) in [6, 6.07) is 9.48. The maximum absolute atomic E-state index is 12.4. The van der Waals surface area contributed by atoms with Gasteiger partial charge in [-0.3, -0.25) is 4.79 Å². The van der Waals surface area contributed by atoms with Gasteiger partial charge in [0, 0.05) is 19.7 Å². The second kappa shape index (κ2) is 10.0. The van der Waals surface area contributed by atoms with Gasteiger partial charge in [0.25, 0.3) is 0 Å². The molecule has 0 N–H and O–H groups in total. The molecule has 0 aliphatic heterocycles. The molecule has 2 rings (SSSR count). The molecule has 0 spiro atoms. The largest absolute Gasteiger partial charge is 0.493 e. The van der Waals surface area contributed by atoms with Crippen molar-refractivity contribution in [3.8, 4) is 11.5 Å². The molecule has 156 valence electrons. The monoisotopic (exact) mass is 481 g/mol. The first-order chi connectivity index (χ1) is 13.7. The number of ketones is 1. The molecular weight excluding hydrogens is 458 g/mol. The molecule has 8 heteroatoms. The molecule has 6 nitrogen and oxygen atoms in total. The van der Waals surface area contributed by atoms with Crippen LogP contribution in [-0.4, -0.2) is 46.3 Å². The summed E-state index contributed by atoms with van der Waals surface area (Å²) in [4.78, 5) is 12.6. The van der Waals surface area contributed by atoms with E-state index in [2.05, 4.69) is 15.9 Å². The minimum absolute atomic E-state index is 0.138. The van der Waals surface area contributed by atoms with E-state index in [-0.39, 0.29) is 10.7 Å². The first kappa shape index (κ1) is 23.1. The molecule has 0 amide bonds. The Morgan fingerprint density at radius 1 is 1.17 bits per heavy atom. The van der Waals surface area contributed by atoms with Gasteiger partial charge in [0.05, 0.1) is 23.1 Å². The third-order valence-corrected chi connectivity index (χ3v) is 6.47. The fraction of sp³-hybridized carbons (Fsp3) is 0.286. The normalized spacial score (nSPS) is 11.8. The fourth-order valence-electron chi connectivity index (χ4n) is 2.45. The van der Waals surface area contributed by atoms with Crippen molar-refractivity contribution in [3.05, 3.63) is 58.1 Å². The van der Waals surface area contributed by atoms with Gasteiger partial charge in [-0.2, -0.15) is 0 Å². The molecule has 0 fully saturated rings. The summed E-state index contributed by atoms with van der Waals surface area (Å²) in [5.74, 6) is 0.953. The Balaban J connectivity index is 2.21. The van der Waals surface area contributed by atoms with E-state index in [1.54, 1.807) is 19.3 Å². The summed E-state index contributed by atoms with van der Waals surface area (Å²) >= 11 is 3.47. The van der Waals surface area contributed by atoms with Crippen LogP contribution in [0.2, 0.25) is 0 Å². The highest BCUT2D eigenvalue weighted by Crippen LogP contribution is 2.37. The summed E-state index contributed by atoms with van der Waals surface area (Å²) < 4.78 is 37.2. The molecule has 0 radical (unpaired) electrons. The maximum Gasteiger partial charge on any atom is 0.242 e. The van der Waals surface area contributed by atoms with Crippen molar-refractivity contribution in [1.29, 1.82) is 0 Å². The average molecular weight is 482 g/mol. The van der Waals surface area contributed by atoms with E-state index in [1.165, 1.54) is 44.4 Å². The fourth-order valence-corrected chi connectivity index (χ4v) is 3.93. The third-order valence-electron chi connectivity index (χ3n) is 4.05. The standard InChI is InChI=1S/C21H24BrNO5S/c1-5-12-28-21-18(22)13-15(14-20(21)27-4)6-11-19(24)16-7-9-17(10-8-16)29(25,26)23(2)3/h6-11,13-14H,5,12H2,1-4H3. The van der Waals surface area contributed by atoms with Crippen LogP contribution in [0, 0.1) is 0 Å². The zero-order chi connectivity index (χ0) is 21.6. The first-order valence-electron chi connectivity index (χ1n) is 8.96. The van der Waals surface area contributed by atoms with Crippen molar-refractivity contribution < 1.29 is 22.7 Å². The summed E-state index contributed by atoms with van der Waals surface area (Å²) in [5.41, 5.74) is 1.16. The van der Waals surface area contributed by atoms with Crippen molar-refractivity contribution in [2.24, 2.45) is 0 Å². The molecule has 0 unspecified atom stereocenters. The number of carbonyl (C=O) groups excluding carboxylic acids is 1. The zero-order valence-electron chi connectivity index (χ0n) is 16.8. The molecular formula is C21H24BrNO5S. The van der Waals surface area contributed by atoms with Gasteiger partial charge in [-0.1, -0.05) is 13.0 Å². The van der Waals surface area contributed by atoms with Crippen LogP contribution in [0.25, 0.3) is 6.08 Å². The van der Waals surface area contributed by atoms with Crippen LogP contribution in [0.3, 0.4) is 0 Å². The summed E-state index contributed by atoms with van der Waals surface area (Å²) in [6.07, 6.45) is 3.98. The van der Waals surface area contributed by atoms with Crippen LogP contribution in [-0.2, 0) is 10.0 Å². The second-order valence-electron chi connectivity index (χ2n) is 6.39. The Morgan fingerprint density at radius 3 is 2.38 bits per heavy atom. The molecule has 2 aromatic rings. The predicted octanol–water partition coefficient (Wildman–Crippen LogP) is 4.39. The predicted molar refractivity (Wildman–Crippen MR) is 117 cm³/mol. The minimum Gasteiger partial charge on any atom is -0.493 e. The van der Waals surface area contributed by atoms with Gasteiger partial charge in [-0.15, -0.1) is 0 Å². The van der Waals surface area contributed by atoms with Gasteiger partial charge >= 0.3 is 0 Å². The summed E-state index contributed by atoms with van der Waals surface area (Å²) in [6.45, 7) is 2.59. The Bertz CT molecular complexity index is 998. The number of rotatable bonds is 9. The van der Waals surface area contributed by atoms with E-state index < -0.39 is 10.0 Å². The van der Waals surface area contributed by atoms with Gasteiger partial charge < -0.3 is 9.47 Å². The average Bonchev–Trinajstić information content (AvgIpc) is 2.70. The van der Waals surface area contributed by atoms with Crippen LogP contribution in [0.4, 0.5) is 0 Å². The van der Waals surface area contributed by atoms with Crippen LogP contribution in [0.5, 0.6) is 11.5 Å². The highest BCUT2D eigenvalue weighted by atomic mass is 79.9. The molecule has 29 heavy (non-hydrogen) atoms. The van der Waals surface area contributed by atoms with Crippen molar-refractivity contribution in [2.75, 3.05) is 27.8 Å². The first-order valence-corrected chi connectivity index (χ1v) is 11.2. The number of allylic oxidation sites excluding steroid dienone is 1. The molecule has 0 atom stereocenters. The Labute approximate surface area is 180 Å². The second-order valence-corrected chi connectivity index (χ2v) is 9.40. The Kier molecular flexibility index (Phi) is 8.01. The lowest BCUT2D eigenvalue weighted by Gasteiger charge is -2.13. The number of hydrogen-bond acceptors (Lipinski definition) is 5.